The Morgan fingerprint density at radius 1 is 1.33 bits per heavy atom. The van der Waals surface area contributed by atoms with Crippen LogP contribution in [0, 0.1) is 0 Å². The molecule has 2 rings (SSSR count). The summed E-state index contributed by atoms with van der Waals surface area (Å²) in [7, 11) is 1.90. The van der Waals surface area contributed by atoms with Crippen molar-refractivity contribution in [3.8, 4) is 0 Å². The van der Waals surface area contributed by atoms with E-state index in [0.717, 1.165) is 44.4 Å². The molecule has 0 atom stereocenters. The molecule has 0 bridgehead atoms. The van der Waals surface area contributed by atoms with E-state index in [4.69, 9.17) is 4.74 Å². The Labute approximate surface area is 89.5 Å². The van der Waals surface area contributed by atoms with Gasteiger partial charge in [-0.3, -0.25) is 4.98 Å². The van der Waals surface area contributed by atoms with Crippen molar-refractivity contribution < 1.29 is 4.74 Å². The van der Waals surface area contributed by atoms with Crippen LogP contribution in [0.4, 0.5) is 5.82 Å². The average molecular weight is 208 g/mol. The van der Waals surface area contributed by atoms with Crippen molar-refractivity contribution in [3.05, 3.63) is 18.1 Å². The van der Waals surface area contributed by atoms with Crippen molar-refractivity contribution in [2.45, 2.75) is 6.54 Å². The highest BCUT2D eigenvalue weighted by Gasteiger charge is 2.12. The number of nitrogens with one attached hydrogen (secondary N) is 1. The zero-order chi connectivity index (χ0) is 10.5. The van der Waals surface area contributed by atoms with E-state index in [1.165, 1.54) is 0 Å². The van der Waals surface area contributed by atoms with Gasteiger partial charge in [-0.05, 0) is 7.05 Å². The van der Waals surface area contributed by atoms with Gasteiger partial charge >= 0.3 is 0 Å². The van der Waals surface area contributed by atoms with Gasteiger partial charge in [0, 0.05) is 19.6 Å². The van der Waals surface area contributed by atoms with Crippen LogP contribution >= 0.6 is 0 Å². The summed E-state index contributed by atoms with van der Waals surface area (Å²) in [6.45, 7) is 4.12. The van der Waals surface area contributed by atoms with Gasteiger partial charge in [0.1, 0.15) is 5.82 Å². The monoisotopic (exact) mass is 208 g/mol. The predicted octanol–water partition coefficient (Wildman–Crippen LogP) is 0.0326. The summed E-state index contributed by atoms with van der Waals surface area (Å²) in [5.74, 6) is 0.943. The van der Waals surface area contributed by atoms with Gasteiger partial charge in [-0.1, -0.05) is 0 Å². The molecule has 1 N–H and O–H groups in total. The second-order valence-corrected chi connectivity index (χ2v) is 3.50. The van der Waals surface area contributed by atoms with Crippen LogP contribution in [0.3, 0.4) is 0 Å². The summed E-state index contributed by atoms with van der Waals surface area (Å²) < 4.78 is 5.28. The summed E-state index contributed by atoms with van der Waals surface area (Å²) in [5, 5.41) is 3.05. The first-order valence-corrected chi connectivity index (χ1v) is 5.18. The lowest BCUT2D eigenvalue weighted by Gasteiger charge is -2.27. The molecule has 1 aromatic rings. The highest BCUT2D eigenvalue weighted by Crippen LogP contribution is 2.10. The van der Waals surface area contributed by atoms with Crippen LogP contribution in [0.5, 0.6) is 0 Å². The fourth-order valence-electron chi connectivity index (χ4n) is 1.58. The van der Waals surface area contributed by atoms with Crippen molar-refractivity contribution in [3.63, 3.8) is 0 Å². The van der Waals surface area contributed by atoms with Crippen LogP contribution in [0.25, 0.3) is 0 Å². The van der Waals surface area contributed by atoms with Crippen LogP contribution < -0.4 is 10.2 Å². The molecule has 1 fully saturated rings. The van der Waals surface area contributed by atoms with Crippen molar-refractivity contribution in [2.24, 2.45) is 0 Å². The van der Waals surface area contributed by atoms with Crippen LogP contribution in [-0.2, 0) is 11.3 Å². The van der Waals surface area contributed by atoms with E-state index >= 15 is 0 Å². The zero-order valence-corrected chi connectivity index (χ0v) is 8.94. The highest BCUT2D eigenvalue weighted by molar-refractivity contribution is 5.36. The molecule has 2 heterocycles. The van der Waals surface area contributed by atoms with E-state index < -0.39 is 0 Å². The maximum Gasteiger partial charge on any atom is 0.147 e. The molecule has 1 aliphatic rings. The molecule has 0 unspecified atom stereocenters. The Bertz CT molecular complexity index is 295. The molecule has 1 aliphatic heterocycles. The number of morpholine rings is 1. The average Bonchev–Trinajstić information content (AvgIpc) is 2.32. The summed E-state index contributed by atoms with van der Waals surface area (Å²) >= 11 is 0. The summed E-state index contributed by atoms with van der Waals surface area (Å²) in [6, 6.07) is 0. The topological polar surface area (TPSA) is 50.3 Å². The molecule has 0 spiro atoms. The lowest BCUT2D eigenvalue weighted by atomic mass is 10.4. The van der Waals surface area contributed by atoms with Crippen molar-refractivity contribution >= 4 is 5.82 Å². The van der Waals surface area contributed by atoms with Crippen LogP contribution in [0.15, 0.2) is 12.4 Å². The fourth-order valence-corrected chi connectivity index (χ4v) is 1.58. The van der Waals surface area contributed by atoms with Crippen molar-refractivity contribution in [1.29, 1.82) is 0 Å². The van der Waals surface area contributed by atoms with E-state index in [-0.39, 0.29) is 0 Å². The standard InChI is InChI=1S/C10H16N4O/c1-11-6-9-7-13-10(8-12-9)14-2-4-15-5-3-14/h7-8,11H,2-6H2,1H3. The molecule has 1 aromatic heterocycles. The summed E-state index contributed by atoms with van der Waals surface area (Å²) in [6.07, 6.45) is 3.65. The normalized spacial score (nSPS) is 16.7. The van der Waals surface area contributed by atoms with Gasteiger partial charge < -0.3 is 15.0 Å². The second kappa shape index (κ2) is 5.04. The molecule has 1 saturated heterocycles. The van der Waals surface area contributed by atoms with E-state index in [2.05, 4.69) is 20.2 Å². The molecule has 15 heavy (non-hydrogen) atoms. The SMILES string of the molecule is CNCc1cnc(N2CCOCC2)cn1. The molecule has 0 amide bonds. The third kappa shape index (κ3) is 2.64. The van der Waals surface area contributed by atoms with Crippen molar-refractivity contribution in [1.82, 2.24) is 15.3 Å². The van der Waals surface area contributed by atoms with Gasteiger partial charge in [-0.25, -0.2) is 4.98 Å². The minimum Gasteiger partial charge on any atom is -0.378 e. The Hall–Kier alpha value is -1.20. The van der Waals surface area contributed by atoms with Crippen molar-refractivity contribution in [2.75, 3.05) is 38.3 Å². The Morgan fingerprint density at radius 2 is 2.13 bits per heavy atom. The first-order chi connectivity index (χ1) is 7.40. The summed E-state index contributed by atoms with van der Waals surface area (Å²) in [4.78, 5) is 10.9. The van der Waals surface area contributed by atoms with Crippen LogP contribution in [0.1, 0.15) is 5.69 Å². The predicted molar refractivity (Wildman–Crippen MR) is 57.8 cm³/mol. The smallest absolute Gasteiger partial charge is 0.147 e. The fraction of sp³-hybridized carbons (Fsp3) is 0.600. The maximum absolute atomic E-state index is 5.28. The molecule has 5 nitrogen and oxygen atoms in total. The molecular formula is C10H16N4O. The van der Waals surface area contributed by atoms with Gasteiger partial charge in [0.2, 0.25) is 0 Å². The first kappa shape index (κ1) is 10.3. The Morgan fingerprint density at radius 3 is 2.73 bits per heavy atom. The molecule has 0 radical (unpaired) electrons. The minimum atomic E-state index is 0.760. The lowest BCUT2D eigenvalue weighted by Crippen LogP contribution is -2.36. The molecular weight excluding hydrogens is 192 g/mol. The van der Waals surface area contributed by atoms with E-state index in [9.17, 15) is 0 Å². The van der Waals surface area contributed by atoms with Gasteiger partial charge in [-0.15, -0.1) is 0 Å². The first-order valence-electron chi connectivity index (χ1n) is 5.18. The lowest BCUT2D eigenvalue weighted by molar-refractivity contribution is 0.122. The van der Waals surface area contributed by atoms with Gasteiger partial charge in [0.15, 0.2) is 0 Å². The third-order valence-electron chi connectivity index (χ3n) is 2.38. The second-order valence-electron chi connectivity index (χ2n) is 3.50. The molecule has 82 valence electrons. The van der Waals surface area contributed by atoms with E-state index in [0.29, 0.717) is 0 Å². The molecule has 0 aromatic carbocycles. The molecule has 0 aliphatic carbocycles. The largest absolute Gasteiger partial charge is 0.378 e. The van der Waals surface area contributed by atoms with E-state index in [1.54, 1.807) is 0 Å². The third-order valence-corrected chi connectivity index (χ3v) is 2.38. The number of rotatable bonds is 3. The van der Waals surface area contributed by atoms with E-state index in [1.807, 2.05) is 19.4 Å². The molecule has 0 saturated carbocycles. The van der Waals surface area contributed by atoms with Gasteiger partial charge in [0.05, 0.1) is 31.3 Å². The quantitative estimate of drug-likeness (QED) is 0.759. The number of aromatic nitrogens is 2. The van der Waals surface area contributed by atoms with Crippen LogP contribution in [0.2, 0.25) is 0 Å². The van der Waals surface area contributed by atoms with Crippen LogP contribution in [-0.4, -0.2) is 43.3 Å². The molecule has 5 heteroatoms. The van der Waals surface area contributed by atoms with Gasteiger partial charge in [0.25, 0.3) is 0 Å². The maximum atomic E-state index is 5.28. The number of hydrogen-bond acceptors (Lipinski definition) is 5. The number of anilines is 1. The summed E-state index contributed by atoms with van der Waals surface area (Å²) in [5.41, 5.74) is 0.967. The minimum absolute atomic E-state index is 0.760. The number of nitrogens with zero attached hydrogens (tertiary/aromatic N) is 3. The number of ether oxygens (including phenoxy) is 1. The highest BCUT2D eigenvalue weighted by atomic mass is 16.5. The number of hydrogen-bond donors (Lipinski definition) is 1. The van der Waals surface area contributed by atoms with Gasteiger partial charge in [-0.2, -0.15) is 0 Å². The Kier molecular flexibility index (Phi) is 3.47. The Balaban J connectivity index is 2.02. The zero-order valence-electron chi connectivity index (χ0n) is 8.94.